The van der Waals surface area contributed by atoms with Gasteiger partial charge >= 0.3 is 0 Å². The topological polar surface area (TPSA) is 38.7 Å². The van der Waals surface area contributed by atoms with Crippen LogP contribution in [-0.2, 0) is 9.47 Å². The minimum atomic E-state index is -0.191. The summed E-state index contributed by atoms with van der Waals surface area (Å²) in [4.78, 5) is 0. The Labute approximate surface area is 97.1 Å². The Balaban J connectivity index is 5.30. The number of hydrogen-bond donors (Lipinski definition) is 1. The molecule has 0 aliphatic carbocycles. The first-order valence-electron chi connectivity index (χ1n) is 4.83. The Bertz CT molecular complexity index is 364. The van der Waals surface area contributed by atoms with Crippen molar-refractivity contribution in [3.63, 3.8) is 0 Å². The molecule has 0 bridgehead atoms. The van der Waals surface area contributed by atoms with Gasteiger partial charge in [0, 0.05) is 0 Å². The third-order valence-electron chi connectivity index (χ3n) is 1.90. The van der Waals surface area contributed by atoms with E-state index in [1.807, 2.05) is 6.92 Å². The number of methoxy groups -OCH3 is 2. The molecule has 0 amide bonds. The van der Waals surface area contributed by atoms with Gasteiger partial charge in [0.25, 0.3) is 0 Å². The van der Waals surface area contributed by atoms with E-state index in [9.17, 15) is 0 Å². The molecule has 0 atom stereocenters. The first-order valence-corrected chi connectivity index (χ1v) is 4.83. The number of aliphatic hydroxyl groups is 1. The van der Waals surface area contributed by atoms with Gasteiger partial charge in [0.1, 0.15) is 18.1 Å². The molecule has 16 heavy (non-hydrogen) atoms. The summed E-state index contributed by atoms with van der Waals surface area (Å²) in [7, 11) is 3.14. The lowest BCUT2D eigenvalue weighted by Crippen LogP contribution is -1.92. The highest BCUT2D eigenvalue weighted by atomic mass is 16.5. The predicted molar refractivity (Wildman–Crippen MR) is 64.5 cm³/mol. The van der Waals surface area contributed by atoms with Crippen LogP contribution >= 0.6 is 0 Å². The SMILES string of the molecule is C=C(C)C(=CC(C#CCO)=C(C)OC)OC. The fourth-order valence-corrected chi connectivity index (χ4v) is 0.958. The second-order valence-corrected chi connectivity index (χ2v) is 3.13. The predicted octanol–water partition coefficient (Wildman–Crippen LogP) is 2.01. The molecule has 0 saturated heterocycles. The summed E-state index contributed by atoms with van der Waals surface area (Å²) in [5, 5.41) is 8.66. The molecule has 0 radical (unpaired) electrons. The molecule has 0 aliphatic heterocycles. The molecule has 0 aromatic rings. The van der Waals surface area contributed by atoms with Crippen molar-refractivity contribution in [2.75, 3.05) is 20.8 Å². The summed E-state index contributed by atoms with van der Waals surface area (Å²) in [6.45, 7) is 7.24. The third kappa shape index (κ3) is 4.72. The van der Waals surface area contributed by atoms with E-state index in [0.717, 1.165) is 5.57 Å². The second-order valence-electron chi connectivity index (χ2n) is 3.13. The maximum absolute atomic E-state index is 8.66. The highest BCUT2D eigenvalue weighted by Crippen LogP contribution is 2.14. The van der Waals surface area contributed by atoms with Crippen molar-refractivity contribution in [2.24, 2.45) is 0 Å². The van der Waals surface area contributed by atoms with E-state index in [0.29, 0.717) is 17.1 Å². The molecular weight excluding hydrogens is 204 g/mol. The van der Waals surface area contributed by atoms with Gasteiger partial charge in [-0.2, -0.15) is 0 Å². The van der Waals surface area contributed by atoms with E-state index in [-0.39, 0.29) is 6.61 Å². The molecule has 0 fully saturated rings. The Kier molecular flexibility index (Phi) is 6.82. The monoisotopic (exact) mass is 222 g/mol. The molecule has 1 N–H and O–H groups in total. The zero-order valence-electron chi connectivity index (χ0n) is 10.3. The standard InChI is InChI=1S/C13H18O3/c1-10(2)13(16-5)9-12(7-6-8-14)11(3)15-4/h9,14H,1,8H2,2-5H3. The van der Waals surface area contributed by atoms with Gasteiger partial charge < -0.3 is 14.6 Å². The summed E-state index contributed by atoms with van der Waals surface area (Å²) in [6.07, 6.45) is 1.74. The molecule has 0 heterocycles. The molecule has 88 valence electrons. The number of allylic oxidation sites excluding steroid dienone is 4. The summed E-state index contributed by atoms with van der Waals surface area (Å²) < 4.78 is 10.3. The Hall–Kier alpha value is -1.66. The molecule has 0 saturated carbocycles. The van der Waals surface area contributed by atoms with Crippen molar-refractivity contribution >= 4 is 0 Å². The van der Waals surface area contributed by atoms with Crippen LogP contribution in [-0.4, -0.2) is 25.9 Å². The first-order chi connectivity index (χ1) is 7.56. The minimum absolute atomic E-state index is 0.191. The quantitative estimate of drug-likeness (QED) is 0.449. The number of rotatable bonds is 4. The normalized spacial score (nSPS) is 12.2. The molecule has 0 rings (SSSR count). The van der Waals surface area contributed by atoms with Crippen LogP contribution in [0.5, 0.6) is 0 Å². The second kappa shape index (κ2) is 7.61. The van der Waals surface area contributed by atoms with E-state index in [4.69, 9.17) is 14.6 Å². The molecule has 0 unspecified atom stereocenters. The number of aliphatic hydroxyl groups excluding tert-OH is 1. The maximum Gasteiger partial charge on any atom is 0.122 e. The molecule has 0 spiro atoms. The Morgan fingerprint density at radius 1 is 1.31 bits per heavy atom. The fourth-order valence-electron chi connectivity index (χ4n) is 0.958. The van der Waals surface area contributed by atoms with E-state index in [2.05, 4.69) is 18.4 Å². The fraction of sp³-hybridized carbons (Fsp3) is 0.385. The number of hydrogen-bond acceptors (Lipinski definition) is 3. The van der Waals surface area contributed by atoms with Crippen molar-refractivity contribution < 1.29 is 14.6 Å². The van der Waals surface area contributed by atoms with Gasteiger partial charge in [-0.25, -0.2) is 0 Å². The van der Waals surface area contributed by atoms with Crippen LogP contribution < -0.4 is 0 Å². The van der Waals surface area contributed by atoms with Gasteiger partial charge in [-0.05, 0) is 25.5 Å². The lowest BCUT2D eigenvalue weighted by molar-refractivity contribution is 0.288. The molecule has 0 aromatic heterocycles. The molecule has 0 aromatic carbocycles. The number of ether oxygens (including phenoxy) is 2. The lowest BCUT2D eigenvalue weighted by atomic mass is 10.1. The maximum atomic E-state index is 8.66. The highest BCUT2D eigenvalue weighted by molar-refractivity contribution is 5.43. The van der Waals surface area contributed by atoms with E-state index in [1.54, 1.807) is 27.2 Å². The van der Waals surface area contributed by atoms with Crippen LogP contribution in [0.2, 0.25) is 0 Å². The van der Waals surface area contributed by atoms with Crippen molar-refractivity contribution in [1.82, 2.24) is 0 Å². The lowest BCUT2D eigenvalue weighted by Gasteiger charge is -2.06. The van der Waals surface area contributed by atoms with Gasteiger partial charge in [-0.3, -0.25) is 0 Å². The summed E-state index contributed by atoms with van der Waals surface area (Å²) >= 11 is 0. The molecular formula is C13H18O3. The van der Waals surface area contributed by atoms with Crippen LogP contribution in [0.15, 0.2) is 35.3 Å². The van der Waals surface area contributed by atoms with Crippen molar-refractivity contribution in [2.45, 2.75) is 13.8 Å². The van der Waals surface area contributed by atoms with Crippen molar-refractivity contribution in [3.8, 4) is 11.8 Å². The van der Waals surface area contributed by atoms with Gasteiger partial charge in [0.15, 0.2) is 0 Å². The van der Waals surface area contributed by atoms with Gasteiger partial charge in [0.05, 0.1) is 19.8 Å². The van der Waals surface area contributed by atoms with E-state index in [1.165, 1.54) is 0 Å². The van der Waals surface area contributed by atoms with Gasteiger partial charge in [-0.15, -0.1) is 0 Å². The summed E-state index contributed by atoms with van der Waals surface area (Å²) in [5.41, 5.74) is 1.46. The van der Waals surface area contributed by atoms with Gasteiger partial charge in [0.2, 0.25) is 0 Å². The largest absolute Gasteiger partial charge is 0.500 e. The molecule has 0 aliphatic rings. The van der Waals surface area contributed by atoms with Crippen LogP contribution in [0.25, 0.3) is 0 Å². The van der Waals surface area contributed by atoms with Crippen LogP contribution in [0, 0.1) is 11.8 Å². The molecule has 3 heteroatoms. The third-order valence-corrected chi connectivity index (χ3v) is 1.90. The minimum Gasteiger partial charge on any atom is -0.500 e. The van der Waals surface area contributed by atoms with Gasteiger partial charge in [-0.1, -0.05) is 18.4 Å². The highest BCUT2D eigenvalue weighted by Gasteiger charge is 2.02. The molecule has 3 nitrogen and oxygen atoms in total. The Morgan fingerprint density at radius 3 is 2.31 bits per heavy atom. The summed E-state index contributed by atoms with van der Waals surface area (Å²) in [6, 6.07) is 0. The first kappa shape index (κ1) is 14.3. The van der Waals surface area contributed by atoms with Crippen molar-refractivity contribution in [3.05, 3.63) is 35.3 Å². The smallest absolute Gasteiger partial charge is 0.122 e. The zero-order chi connectivity index (χ0) is 12.6. The summed E-state index contributed by atoms with van der Waals surface area (Å²) in [5.74, 6) is 6.67. The van der Waals surface area contributed by atoms with Crippen molar-refractivity contribution in [1.29, 1.82) is 0 Å². The van der Waals surface area contributed by atoms with Crippen LogP contribution in [0.3, 0.4) is 0 Å². The average molecular weight is 222 g/mol. The van der Waals surface area contributed by atoms with E-state index >= 15 is 0 Å². The van der Waals surface area contributed by atoms with E-state index < -0.39 is 0 Å². The van der Waals surface area contributed by atoms with Crippen LogP contribution in [0.4, 0.5) is 0 Å². The Morgan fingerprint density at radius 2 is 1.94 bits per heavy atom. The average Bonchev–Trinajstić information content (AvgIpc) is 2.28. The van der Waals surface area contributed by atoms with Crippen LogP contribution in [0.1, 0.15) is 13.8 Å². The zero-order valence-corrected chi connectivity index (χ0v) is 10.3.